The summed E-state index contributed by atoms with van der Waals surface area (Å²) in [7, 11) is 0. The summed E-state index contributed by atoms with van der Waals surface area (Å²) in [5, 5.41) is 20.1. The van der Waals surface area contributed by atoms with E-state index < -0.39 is 12.1 Å². The van der Waals surface area contributed by atoms with Gasteiger partial charge < -0.3 is 25.0 Å². The molecule has 1 aromatic carbocycles. The predicted molar refractivity (Wildman–Crippen MR) is 149 cm³/mol. The fourth-order valence-electron chi connectivity index (χ4n) is 4.46. The van der Waals surface area contributed by atoms with Crippen LogP contribution >= 0.6 is 0 Å². The zero-order chi connectivity index (χ0) is 29.2. The van der Waals surface area contributed by atoms with Gasteiger partial charge in [-0.05, 0) is 35.4 Å². The Morgan fingerprint density at radius 2 is 1.76 bits per heavy atom. The van der Waals surface area contributed by atoms with E-state index in [0.717, 1.165) is 87.4 Å². The van der Waals surface area contributed by atoms with Gasteiger partial charge in [-0.25, -0.2) is 4.79 Å². The molecule has 216 valence electrons. The number of H-pyrrole nitrogens is 1. The molecule has 0 atom stereocenters. The van der Waals surface area contributed by atoms with E-state index in [4.69, 9.17) is 14.6 Å². The molecule has 2 aliphatic heterocycles. The molecular weight excluding hydrogens is 537 g/mol. The van der Waals surface area contributed by atoms with Crippen LogP contribution in [0.4, 0.5) is 19.0 Å². The number of alkyl halides is 3. The Labute approximate surface area is 235 Å². The quantitative estimate of drug-likeness (QED) is 0.409. The van der Waals surface area contributed by atoms with Gasteiger partial charge in [0, 0.05) is 63.3 Å². The van der Waals surface area contributed by atoms with E-state index in [-0.39, 0.29) is 0 Å². The average molecular weight is 569 g/mol. The molecule has 12 heteroatoms. The molecule has 3 N–H and O–H groups in total. The molecule has 2 aromatic heterocycles. The van der Waals surface area contributed by atoms with Crippen LogP contribution in [0.3, 0.4) is 0 Å². The highest BCUT2D eigenvalue weighted by Crippen LogP contribution is 2.28. The van der Waals surface area contributed by atoms with Gasteiger partial charge in [-0.3, -0.25) is 9.88 Å². The first kappa shape index (κ1) is 29.8. The highest BCUT2D eigenvalue weighted by molar-refractivity contribution is 5.74. The number of carbonyl (C=O) groups is 1. The second-order valence-electron chi connectivity index (χ2n) is 9.53. The van der Waals surface area contributed by atoms with Gasteiger partial charge in [0.25, 0.3) is 0 Å². The van der Waals surface area contributed by atoms with Gasteiger partial charge in [-0.15, -0.1) is 0 Å². The van der Waals surface area contributed by atoms with Gasteiger partial charge in [0.15, 0.2) is 0 Å². The number of rotatable bonds is 6. The Bertz CT molecular complexity index is 1370. The highest BCUT2D eigenvalue weighted by atomic mass is 19.4. The maximum absolute atomic E-state index is 10.6. The molecule has 0 spiro atoms. The van der Waals surface area contributed by atoms with Crippen molar-refractivity contribution in [1.82, 2.24) is 20.2 Å². The zero-order valence-corrected chi connectivity index (χ0v) is 22.3. The van der Waals surface area contributed by atoms with Crippen LogP contribution in [-0.2, 0) is 16.1 Å². The van der Waals surface area contributed by atoms with Crippen molar-refractivity contribution < 1.29 is 27.8 Å². The molecule has 0 amide bonds. The molecule has 3 aromatic rings. The van der Waals surface area contributed by atoms with Crippen LogP contribution in [0, 0.1) is 11.3 Å². The number of piperazine rings is 1. The van der Waals surface area contributed by atoms with Crippen LogP contribution in [0.2, 0.25) is 0 Å². The number of aromatic amines is 1. The Balaban J connectivity index is 0.000000493. The number of nitriles is 1. The first-order valence-electron chi connectivity index (χ1n) is 13.2. The molecule has 5 rings (SSSR count). The van der Waals surface area contributed by atoms with Gasteiger partial charge in [0.05, 0.1) is 24.5 Å². The molecule has 41 heavy (non-hydrogen) atoms. The van der Waals surface area contributed by atoms with Crippen LogP contribution in [0.1, 0.15) is 22.4 Å². The third kappa shape index (κ3) is 8.65. The Kier molecular flexibility index (Phi) is 10.1. The molecular formula is C29H31F3N6O3. The van der Waals surface area contributed by atoms with E-state index in [0.29, 0.717) is 5.56 Å². The molecule has 2 aliphatic rings. The Morgan fingerprint density at radius 1 is 1.07 bits per heavy atom. The van der Waals surface area contributed by atoms with E-state index in [1.54, 1.807) is 0 Å². The van der Waals surface area contributed by atoms with Crippen LogP contribution in [0.25, 0.3) is 23.4 Å². The van der Waals surface area contributed by atoms with E-state index in [2.05, 4.69) is 67.6 Å². The van der Waals surface area contributed by atoms with E-state index in [9.17, 15) is 18.4 Å². The summed E-state index contributed by atoms with van der Waals surface area (Å²) in [5.74, 6) is -1.85. The zero-order valence-electron chi connectivity index (χ0n) is 22.3. The van der Waals surface area contributed by atoms with Crippen molar-refractivity contribution in [2.45, 2.75) is 12.7 Å². The maximum Gasteiger partial charge on any atom is 0.490 e. The number of hydrogen-bond donors (Lipinski definition) is 3. The van der Waals surface area contributed by atoms with E-state index in [1.807, 2.05) is 24.4 Å². The van der Waals surface area contributed by atoms with Crippen molar-refractivity contribution in [3.8, 4) is 17.3 Å². The number of benzene rings is 1. The minimum absolute atomic E-state index is 0.683. The molecule has 2 fully saturated rings. The molecule has 0 saturated carbocycles. The number of pyridine rings is 1. The molecule has 0 bridgehead atoms. The smallest absolute Gasteiger partial charge is 0.475 e. The number of carboxylic acid groups (broad SMARTS) is 1. The van der Waals surface area contributed by atoms with Crippen LogP contribution in [0.5, 0.6) is 0 Å². The standard InChI is InChI=1S/C27H30N6O.C2HF3O2/c28-19-24-18-26(31-27(24)33-11-9-29-10-12-33)23-7-8-30-25(17-23)6-5-21-1-3-22(4-2-21)20-32-13-15-34-16-14-32;3-2(4,5)1(6)7/h1-8,17-18,29,31H,9-16,20H2;(H,6,7). The van der Waals surface area contributed by atoms with Crippen molar-refractivity contribution in [1.29, 1.82) is 5.26 Å². The first-order chi connectivity index (χ1) is 19.7. The number of aromatic nitrogens is 2. The normalized spacial score (nSPS) is 16.2. The number of anilines is 1. The molecule has 2 saturated heterocycles. The van der Waals surface area contributed by atoms with Gasteiger partial charge in [0.2, 0.25) is 0 Å². The summed E-state index contributed by atoms with van der Waals surface area (Å²) in [6, 6.07) is 17.0. The lowest BCUT2D eigenvalue weighted by Crippen LogP contribution is -2.44. The summed E-state index contributed by atoms with van der Waals surface area (Å²) in [6.07, 6.45) is 0.857. The molecule has 0 aliphatic carbocycles. The summed E-state index contributed by atoms with van der Waals surface area (Å²) in [5.41, 5.74) is 5.99. The van der Waals surface area contributed by atoms with Gasteiger partial charge in [-0.1, -0.05) is 30.3 Å². The van der Waals surface area contributed by atoms with E-state index >= 15 is 0 Å². The summed E-state index contributed by atoms with van der Waals surface area (Å²) < 4.78 is 37.2. The molecule has 4 heterocycles. The third-order valence-corrected chi connectivity index (χ3v) is 6.62. The lowest BCUT2D eigenvalue weighted by atomic mass is 10.1. The molecule has 0 unspecified atom stereocenters. The average Bonchev–Trinajstić information content (AvgIpc) is 3.43. The summed E-state index contributed by atoms with van der Waals surface area (Å²) in [6.45, 7) is 8.25. The molecule has 9 nitrogen and oxygen atoms in total. The predicted octanol–water partition coefficient (Wildman–Crippen LogP) is 3.99. The largest absolute Gasteiger partial charge is 0.490 e. The van der Waals surface area contributed by atoms with E-state index in [1.165, 1.54) is 5.56 Å². The van der Waals surface area contributed by atoms with Crippen LogP contribution in [-0.4, -0.2) is 84.6 Å². The fourth-order valence-corrected chi connectivity index (χ4v) is 4.46. The lowest BCUT2D eigenvalue weighted by Gasteiger charge is -2.28. The summed E-state index contributed by atoms with van der Waals surface area (Å²) >= 11 is 0. The second-order valence-corrected chi connectivity index (χ2v) is 9.53. The minimum Gasteiger partial charge on any atom is -0.475 e. The van der Waals surface area contributed by atoms with Crippen molar-refractivity contribution in [2.24, 2.45) is 0 Å². The van der Waals surface area contributed by atoms with Crippen molar-refractivity contribution in [3.63, 3.8) is 0 Å². The second kappa shape index (κ2) is 13.9. The van der Waals surface area contributed by atoms with Crippen molar-refractivity contribution in [3.05, 3.63) is 71.0 Å². The van der Waals surface area contributed by atoms with Gasteiger partial charge >= 0.3 is 12.1 Å². The minimum atomic E-state index is -5.08. The monoisotopic (exact) mass is 568 g/mol. The number of hydrogen-bond acceptors (Lipinski definition) is 7. The Hall–Kier alpha value is -4.18. The fraction of sp³-hybridized carbons (Fsp3) is 0.345. The topological polar surface area (TPSA) is 118 Å². The number of nitrogens with zero attached hydrogens (tertiary/aromatic N) is 4. The van der Waals surface area contributed by atoms with Crippen LogP contribution < -0.4 is 10.2 Å². The SMILES string of the molecule is N#Cc1cc(-c2ccnc(C=Cc3ccc(CN4CCOCC4)cc3)c2)[nH]c1N1CCNCC1.O=C(O)C(F)(F)F. The third-order valence-electron chi connectivity index (χ3n) is 6.62. The first-order valence-corrected chi connectivity index (χ1v) is 13.2. The van der Waals surface area contributed by atoms with Gasteiger partial charge in [-0.2, -0.15) is 18.4 Å². The van der Waals surface area contributed by atoms with Gasteiger partial charge in [0.1, 0.15) is 11.9 Å². The van der Waals surface area contributed by atoms with Crippen molar-refractivity contribution >= 4 is 23.9 Å². The summed E-state index contributed by atoms with van der Waals surface area (Å²) in [4.78, 5) is 21.5. The van der Waals surface area contributed by atoms with Crippen molar-refractivity contribution in [2.75, 3.05) is 57.4 Å². The number of ether oxygens (including phenoxy) is 1. The highest BCUT2D eigenvalue weighted by Gasteiger charge is 2.38. The number of nitrogens with one attached hydrogen (secondary N) is 2. The number of halogens is 3. The molecule has 0 radical (unpaired) electrons. The lowest BCUT2D eigenvalue weighted by molar-refractivity contribution is -0.192. The number of aliphatic carboxylic acids is 1. The van der Waals surface area contributed by atoms with Crippen LogP contribution in [0.15, 0.2) is 48.7 Å². The number of morpholine rings is 1. The Morgan fingerprint density at radius 3 is 2.39 bits per heavy atom. The maximum atomic E-state index is 10.6. The number of carboxylic acids is 1.